The molecule has 0 unspecified atom stereocenters. The zero-order chi connectivity index (χ0) is 25.4. The Bertz CT molecular complexity index is 603. The fourth-order valence-electron chi connectivity index (χ4n) is 3.38. The molecule has 0 spiro atoms. The minimum Gasteiger partial charge on any atom is -0.475 e. The first-order chi connectivity index (χ1) is 15.1. The number of ether oxygens (including phenoxy) is 2. The highest BCUT2D eigenvalue weighted by molar-refractivity contribution is 5.73. The molecule has 8 nitrogen and oxygen atoms in total. The van der Waals surface area contributed by atoms with Gasteiger partial charge in [-0.15, -0.1) is 0 Å². The van der Waals surface area contributed by atoms with Crippen LogP contribution in [0.2, 0.25) is 0 Å². The van der Waals surface area contributed by atoms with Crippen LogP contribution in [0.4, 0.5) is 26.3 Å². The van der Waals surface area contributed by atoms with Crippen molar-refractivity contribution in [3.05, 3.63) is 0 Å². The van der Waals surface area contributed by atoms with E-state index in [1.165, 1.54) is 32.2 Å². The van der Waals surface area contributed by atoms with Gasteiger partial charge in [-0.3, -0.25) is 4.90 Å². The molecule has 0 radical (unpaired) electrons. The number of nitrogens with zero attached hydrogens (tertiary/aromatic N) is 2. The fourth-order valence-corrected chi connectivity index (χ4v) is 3.38. The highest BCUT2D eigenvalue weighted by atomic mass is 19.4. The van der Waals surface area contributed by atoms with E-state index in [-0.39, 0.29) is 0 Å². The normalized spacial score (nSPS) is 25.4. The first-order valence-electron chi connectivity index (χ1n) is 10.3. The third-order valence-electron chi connectivity index (χ3n) is 5.13. The molecule has 3 aliphatic rings. The average Bonchev–Trinajstić information content (AvgIpc) is 3.43. The Balaban J connectivity index is 0.000000324. The molecule has 194 valence electrons. The summed E-state index contributed by atoms with van der Waals surface area (Å²) >= 11 is 0. The number of hydrogen-bond donors (Lipinski definition) is 2. The number of alkyl halides is 6. The number of carboxylic acids is 2. The van der Waals surface area contributed by atoms with Crippen LogP contribution in [0.25, 0.3) is 0 Å². The van der Waals surface area contributed by atoms with Gasteiger partial charge in [0.1, 0.15) is 6.10 Å². The van der Waals surface area contributed by atoms with Gasteiger partial charge in [-0.2, -0.15) is 26.3 Å². The van der Waals surface area contributed by atoms with Gasteiger partial charge in [0.25, 0.3) is 0 Å². The minimum atomic E-state index is -5.08. The molecule has 2 N–H and O–H groups in total. The lowest BCUT2D eigenvalue weighted by molar-refractivity contribution is -0.193. The third-order valence-corrected chi connectivity index (χ3v) is 5.13. The number of likely N-dealkylation sites (N-methyl/N-ethyl adjacent to an activating group) is 1. The van der Waals surface area contributed by atoms with E-state index in [1.807, 2.05) is 0 Å². The lowest BCUT2D eigenvalue weighted by Gasteiger charge is -2.32. The second-order valence-electron chi connectivity index (χ2n) is 8.26. The van der Waals surface area contributed by atoms with Crippen molar-refractivity contribution in [2.75, 3.05) is 46.9 Å². The monoisotopic (exact) mass is 496 g/mol. The van der Waals surface area contributed by atoms with Gasteiger partial charge >= 0.3 is 24.3 Å². The number of rotatable bonds is 6. The van der Waals surface area contributed by atoms with E-state index in [4.69, 9.17) is 29.3 Å². The minimum absolute atomic E-state index is 0.295. The summed E-state index contributed by atoms with van der Waals surface area (Å²) in [6, 6.07) is 0.624. The van der Waals surface area contributed by atoms with E-state index >= 15 is 0 Å². The maximum atomic E-state index is 10.6. The first kappa shape index (κ1) is 29.4. The maximum Gasteiger partial charge on any atom is 0.490 e. The van der Waals surface area contributed by atoms with Crippen LogP contribution in [0.15, 0.2) is 0 Å². The standard InChI is InChI=1S/C15H28N2O2.2C2HF3O2/c1-16(2)7-9-18-14-11-17(10-12-5-6-12)13-4-3-8-19-15(13)14;2*3-2(4,5)1(6)7/h12-15H,3-11H2,1-2H3;2*(H,6,7)/t13-,14+,15+;;/m1../s1. The van der Waals surface area contributed by atoms with Gasteiger partial charge < -0.3 is 24.6 Å². The summed E-state index contributed by atoms with van der Waals surface area (Å²) < 4.78 is 75.6. The van der Waals surface area contributed by atoms with Crippen LogP contribution in [0, 0.1) is 5.92 Å². The molecule has 33 heavy (non-hydrogen) atoms. The van der Waals surface area contributed by atoms with Gasteiger partial charge in [-0.05, 0) is 45.7 Å². The number of halogens is 6. The lowest BCUT2D eigenvalue weighted by atomic mass is 10.0. The number of likely N-dealkylation sites (tertiary alicyclic amines) is 1. The fraction of sp³-hybridized carbons (Fsp3) is 0.895. The molecule has 0 aromatic heterocycles. The lowest BCUT2D eigenvalue weighted by Crippen LogP contribution is -2.42. The second kappa shape index (κ2) is 12.7. The maximum absolute atomic E-state index is 10.6. The van der Waals surface area contributed by atoms with Crippen molar-refractivity contribution in [3.63, 3.8) is 0 Å². The van der Waals surface area contributed by atoms with E-state index in [0.717, 1.165) is 32.2 Å². The molecule has 14 heteroatoms. The zero-order valence-corrected chi connectivity index (χ0v) is 18.4. The van der Waals surface area contributed by atoms with Gasteiger partial charge in [0.2, 0.25) is 0 Å². The Morgan fingerprint density at radius 1 is 1.03 bits per heavy atom. The molecule has 0 aromatic carbocycles. The molecule has 0 bridgehead atoms. The Labute approximate surface area is 187 Å². The molecular formula is C19H30F6N2O6. The van der Waals surface area contributed by atoms with E-state index in [0.29, 0.717) is 18.2 Å². The van der Waals surface area contributed by atoms with Crippen molar-refractivity contribution in [1.82, 2.24) is 9.80 Å². The van der Waals surface area contributed by atoms with Crippen LogP contribution in [-0.4, -0.2) is 109 Å². The zero-order valence-electron chi connectivity index (χ0n) is 18.4. The summed E-state index contributed by atoms with van der Waals surface area (Å²) in [6.45, 7) is 5.10. The molecule has 1 aliphatic carbocycles. The van der Waals surface area contributed by atoms with Gasteiger partial charge in [-0.25, -0.2) is 9.59 Å². The van der Waals surface area contributed by atoms with Crippen molar-refractivity contribution < 1.29 is 55.6 Å². The number of carbonyl (C=O) groups is 2. The molecule has 3 fully saturated rings. The number of hydrogen-bond acceptors (Lipinski definition) is 6. The Hall–Kier alpha value is -1.64. The molecule has 2 aliphatic heterocycles. The average molecular weight is 496 g/mol. The second-order valence-corrected chi connectivity index (χ2v) is 8.26. The SMILES string of the molecule is CN(C)CCO[C@H]1CN(CC2CC2)[C@@H]2CCCO[C@H]12.O=C(O)C(F)(F)F.O=C(O)C(F)(F)F. The number of carboxylic acid groups (broad SMARTS) is 2. The van der Waals surface area contributed by atoms with E-state index in [1.54, 1.807) is 0 Å². The molecule has 3 atom stereocenters. The summed E-state index contributed by atoms with van der Waals surface area (Å²) in [4.78, 5) is 22.6. The van der Waals surface area contributed by atoms with E-state index in [2.05, 4.69) is 23.9 Å². The van der Waals surface area contributed by atoms with Gasteiger partial charge in [-0.1, -0.05) is 0 Å². The van der Waals surface area contributed by atoms with Crippen molar-refractivity contribution in [2.24, 2.45) is 5.92 Å². The summed E-state index contributed by atoms with van der Waals surface area (Å²) in [5, 5.41) is 14.2. The predicted octanol–water partition coefficient (Wildman–Crippen LogP) is 2.47. The van der Waals surface area contributed by atoms with E-state index < -0.39 is 24.3 Å². The van der Waals surface area contributed by atoms with Crippen LogP contribution >= 0.6 is 0 Å². The van der Waals surface area contributed by atoms with Crippen LogP contribution in [-0.2, 0) is 19.1 Å². The van der Waals surface area contributed by atoms with Gasteiger partial charge in [0.15, 0.2) is 0 Å². The quantitative estimate of drug-likeness (QED) is 0.542. The Morgan fingerprint density at radius 3 is 1.97 bits per heavy atom. The van der Waals surface area contributed by atoms with Crippen molar-refractivity contribution >= 4 is 11.9 Å². The molecule has 0 amide bonds. The summed E-state index contributed by atoms with van der Waals surface area (Å²) in [5.41, 5.74) is 0. The predicted molar refractivity (Wildman–Crippen MR) is 103 cm³/mol. The first-order valence-corrected chi connectivity index (χ1v) is 10.3. The molecule has 3 rings (SSSR count). The third kappa shape index (κ3) is 11.4. The number of fused-ring (bicyclic) bond motifs is 1. The summed E-state index contributed by atoms with van der Waals surface area (Å²) in [5.74, 6) is -4.55. The highest BCUT2D eigenvalue weighted by Gasteiger charge is 2.45. The smallest absolute Gasteiger partial charge is 0.475 e. The molecule has 2 heterocycles. The van der Waals surface area contributed by atoms with Crippen molar-refractivity contribution in [1.29, 1.82) is 0 Å². The topological polar surface area (TPSA) is 99.5 Å². The van der Waals surface area contributed by atoms with Crippen LogP contribution in [0.1, 0.15) is 25.7 Å². The van der Waals surface area contributed by atoms with Crippen molar-refractivity contribution in [2.45, 2.75) is 56.3 Å². The van der Waals surface area contributed by atoms with Crippen molar-refractivity contribution in [3.8, 4) is 0 Å². The molecular weight excluding hydrogens is 466 g/mol. The Kier molecular flexibility index (Phi) is 11.3. The Morgan fingerprint density at radius 2 is 1.55 bits per heavy atom. The number of aliphatic carboxylic acids is 2. The molecule has 1 saturated carbocycles. The molecule has 2 saturated heterocycles. The van der Waals surface area contributed by atoms with Gasteiger partial charge in [0.05, 0.1) is 12.7 Å². The van der Waals surface area contributed by atoms with Crippen LogP contribution < -0.4 is 0 Å². The van der Waals surface area contributed by atoms with Crippen LogP contribution in [0.5, 0.6) is 0 Å². The largest absolute Gasteiger partial charge is 0.490 e. The summed E-state index contributed by atoms with van der Waals surface area (Å²) in [7, 11) is 4.19. The van der Waals surface area contributed by atoms with Gasteiger partial charge in [0, 0.05) is 32.3 Å². The highest BCUT2D eigenvalue weighted by Crippen LogP contribution is 2.36. The van der Waals surface area contributed by atoms with E-state index in [9.17, 15) is 26.3 Å². The van der Waals surface area contributed by atoms with Crippen LogP contribution in [0.3, 0.4) is 0 Å². The molecule has 0 aromatic rings. The summed E-state index contributed by atoms with van der Waals surface area (Å²) in [6.07, 6.45) is -4.17.